The molecule has 0 radical (unpaired) electrons. The van der Waals surface area contributed by atoms with Gasteiger partial charge in [0.15, 0.2) is 6.29 Å². The smallest absolute Gasteiger partial charge is 0.256 e. The molecule has 1 heterocycles. The highest BCUT2D eigenvalue weighted by molar-refractivity contribution is 6.42. The molecule has 3 rings (SSSR count). The zero-order valence-corrected chi connectivity index (χ0v) is 17.7. The fourth-order valence-electron chi connectivity index (χ4n) is 3.38. The van der Waals surface area contributed by atoms with Crippen LogP contribution in [0.5, 0.6) is 0 Å². The van der Waals surface area contributed by atoms with Gasteiger partial charge in [-0.25, -0.2) is 4.39 Å². The van der Waals surface area contributed by atoms with Gasteiger partial charge in [0.2, 0.25) is 0 Å². The zero-order valence-electron chi connectivity index (χ0n) is 16.2. The molecular formula is C22H20Cl2FNO4. The quantitative estimate of drug-likeness (QED) is 0.382. The summed E-state index contributed by atoms with van der Waals surface area (Å²) in [5.41, 5.74) is 0.639. The van der Waals surface area contributed by atoms with Gasteiger partial charge in [-0.15, -0.1) is 0 Å². The van der Waals surface area contributed by atoms with E-state index in [9.17, 15) is 19.1 Å². The maximum Gasteiger partial charge on any atom is 0.256 e. The Hall–Kier alpha value is -2.41. The standard InChI is InChI=1S/C22H20Cl2FNO4/c1-30-15-4-6-26(7-5-15)22(29)17-8-13(2-3-20(17)25)9-21(28)16-11-19(24)18(23)10-14(16)12-27/h2-3,8-12,15,28H,4-7H2,1H3/b21-9-. The molecule has 0 saturated carbocycles. The number of methoxy groups -OCH3 is 1. The van der Waals surface area contributed by atoms with Crippen LogP contribution >= 0.6 is 23.2 Å². The molecular weight excluding hydrogens is 432 g/mol. The Labute approximate surface area is 183 Å². The molecule has 158 valence electrons. The summed E-state index contributed by atoms with van der Waals surface area (Å²) in [5.74, 6) is -1.32. The van der Waals surface area contributed by atoms with Gasteiger partial charge in [0.25, 0.3) is 5.91 Å². The van der Waals surface area contributed by atoms with Gasteiger partial charge >= 0.3 is 0 Å². The summed E-state index contributed by atoms with van der Waals surface area (Å²) in [4.78, 5) is 25.7. The number of aliphatic hydroxyl groups is 1. The Morgan fingerprint density at radius 1 is 1.17 bits per heavy atom. The first-order valence-electron chi connectivity index (χ1n) is 9.31. The third kappa shape index (κ3) is 4.83. The molecule has 8 heteroatoms. The van der Waals surface area contributed by atoms with E-state index in [4.69, 9.17) is 27.9 Å². The molecule has 0 unspecified atom stereocenters. The van der Waals surface area contributed by atoms with Crippen molar-refractivity contribution in [1.82, 2.24) is 4.90 Å². The fraction of sp³-hybridized carbons (Fsp3) is 0.273. The van der Waals surface area contributed by atoms with E-state index in [0.717, 1.165) is 0 Å². The molecule has 1 amide bonds. The minimum atomic E-state index is -0.645. The van der Waals surface area contributed by atoms with Crippen molar-refractivity contribution in [3.63, 3.8) is 0 Å². The average molecular weight is 452 g/mol. The monoisotopic (exact) mass is 451 g/mol. The first-order chi connectivity index (χ1) is 14.3. The van der Waals surface area contributed by atoms with Crippen LogP contribution in [0, 0.1) is 5.82 Å². The van der Waals surface area contributed by atoms with Crippen LogP contribution in [0.15, 0.2) is 30.3 Å². The topological polar surface area (TPSA) is 66.8 Å². The Morgan fingerprint density at radius 3 is 2.47 bits per heavy atom. The van der Waals surface area contributed by atoms with Crippen LogP contribution in [0.2, 0.25) is 10.0 Å². The van der Waals surface area contributed by atoms with E-state index in [2.05, 4.69) is 0 Å². The van der Waals surface area contributed by atoms with Gasteiger partial charge in [0.05, 0.1) is 21.7 Å². The minimum Gasteiger partial charge on any atom is -0.507 e. The lowest BCUT2D eigenvalue weighted by atomic mass is 10.0. The number of aliphatic hydroxyl groups excluding tert-OH is 1. The van der Waals surface area contributed by atoms with Crippen LogP contribution in [-0.4, -0.2) is 48.5 Å². The third-order valence-electron chi connectivity index (χ3n) is 5.08. The zero-order chi connectivity index (χ0) is 21.8. The molecule has 0 bridgehead atoms. The summed E-state index contributed by atoms with van der Waals surface area (Å²) < 4.78 is 19.7. The van der Waals surface area contributed by atoms with Crippen molar-refractivity contribution in [1.29, 1.82) is 0 Å². The second-order valence-corrected chi connectivity index (χ2v) is 7.78. The largest absolute Gasteiger partial charge is 0.507 e. The number of hydrogen-bond donors (Lipinski definition) is 1. The number of ether oxygens (including phenoxy) is 1. The van der Waals surface area contributed by atoms with Crippen LogP contribution in [0.1, 0.15) is 44.7 Å². The number of halogens is 3. The number of nitrogens with zero attached hydrogens (tertiary/aromatic N) is 1. The second-order valence-electron chi connectivity index (χ2n) is 6.97. The number of carbonyl (C=O) groups excluding carboxylic acids is 2. The van der Waals surface area contributed by atoms with Crippen LogP contribution < -0.4 is 0 Å². The van der Waals surface area contributed by atoms with Gasteiger partial charge in [-0.3, -0.25) is 9.59 Å². The molecule has 0 spiro atoms. The first-order valence-corrected chi connectivity index (χ1v) is 10.1. The van der Waals surface area contributed by atoms with Crippen molar-refractivity contribution in [2.24, 2.45) is 0 Å². The number of carbonyl (C=O) groups is 2. The molecule has 1 fully saturated rings. The fourth-order valence-corrected chi connectivity index (χ4v) is 3.71. The van der Waals surface area contributed by atoms with Gasteiger partial charge < -0.3 is 14.7 Å². The summed E-state index contributed by atoms with van der Waals surface area (Å²) >= 11 is 11.9. The second kappa shape index (κ2) is 9.60. The van der Waals surface area contributed by atoms with E-state index in [1.807, 2.05) is 0 Å². The molecule has 2 aromatic carbocycles. The van der Waals surface area contributed by atoms with Gasteiger partial charge in [-0.1, -0.05) is 29.3 Å². The van der Waals surface area contributed by atoms with Crippen molar-refractivity contribution in [2.45, 2.75) is 18.9 Å². The molecule has 2 aromatic rings. The third-order valence-corrected chi connectivity index (χ3v) is 5.80. The lowest BCUT2D eigenvalue weighted by molar-refractivity contribution is 0.0348. The number of aldehydes is 1. The summed E-state index contributed by atoms with van der Waals surface area (Å²) in [6.45, 7) is 0.960. The maximum atomic E-state index is 14.4. The predicted octanol–water partition coefficient (Wildman–Crippen LogP) is 5.25. The lowest BCUT2D eigenvalue weighted by Gasteiger charge is -2.31. The molecule has 1 saturated heterocycles. The molecule has 1 aliphatic heterocycles. The average Bonchev–Trinajstić information content (AvgIpc) is 2.76. The van der Waals surface area contributed by atoms with Crippen LogP contribution in [0.4, 0.5) is 4.39 Å². The van der Waals surface area contributed by atoms with Crippen LogP contribution in [0.25, 0.3) is 11.8 Å². The number of hydrogen-bond acceptors (Lipinski definition) is 4. The molecule has 0 aromatic heterocycles. The Kier molecular flexibility index (Phi) is 7.13. The highest BCUT2D eigenvalue weighted by Crippen LogP contribution is 2.29. The minimum absolute atomic E-state index is 0.0860. The van der Waals surface area contributed by atoms with Crippen molar-refractivity contribution in [3.8, 4) is 0 Å². The van der Waals surface area contributed by atoms with Gasteiger partial charge in [0, 0.05) is 31.3 Å². The van der Waals surface area contributed by atoms with Crippen LogP contribution in [-0.2, 0) is 4.74 Å². The van der Waals surface area contributed by atoms with E-state index < -0.39 is 11.7 Å². The van der Waals surface area contributed by atoms with Crippen molar-refractivity contribution in [3.05, 3.63) is 68.4 Å². The maximum absolute atomic E-state index is 14.4. The van der Waals surface area contributed by atoms with Gasteiger partial charge in [-0.05, 0) is 48.7 Å². The molecule has 1 aliphatic rings. The van der Waals surface area contributed by atoms with Crippen molar-refractivity contribution in [2.75, 3.05) is 20.2 Å². The van der Waals surface area contributed by atoms with E-state index in [-0.39, 0.29) is 38.6 Å². The van der Waals surface area contributed by atoms with Gasteiger partial charge in [-0.2, -0.15) is 0 Å². The Morgan fingerprint density at radius 2 is 1.83 bits per heavy atom. The highest BCUT2D eigenvalue weighted by Gasteiger charge is 2.25. The SMILES string of the molecule is COC1CCN(C(=O)c2cc(/C=C(\O)c3cc(Cl)c(Cl)cc3C=O)ccc2F)CC1. The number of piperidine rings is 1. The normalized spacial score (nSPS) is 15.3. The highest BCUT2D eigenvalue weighted by atomic mass is 35.5. The number of benzene rings is 2. The Bertz CT molecular complexity index is 1000. The number of amides is 1. The van der Waals surface area contributed by atoms with E-state index in [1.54, 1.807) is 12.0 Å². The predicted molar refractivity (Wildman–Crippen MR) is 115 cm³/mol. The first kappa shape index (κ1) is 22.3. The number of likely N-dealkylation sites (tertiary alicyclic amines) is 1. The molecule has 30 heavy (non-hydrogen) atoms. The van der Waals surface area contributed by atoms with E-state index in [1.165, 1.54) is 36.4 Å². The van der Waals surface area contributed by atoms with E-state index >= 15 is 0 Å². The molecule has 0 atom stereocenters. The summed E-state index contributed by atoms with van der Waals surface area (Å²) in [7, 11) is 1.63. The Balaban J connectivity index is 1.89. The summed E-state index contributed by atoms with van der Waals surface area (Å²) in [5, 5.41) is 10.9. The van der Waals surface area contributed by atoms with E-state index in [0.29, 0.717) is 37.8 Å². The summed E-state index contributed by atoms with van der Waals surface area (Å²) in [6.07, 6.45) is 3.36. The van der Waals surface area contributed by atoms with Crippen molar-refractivity contribution >= 4 is 47.2 Å². The van der Waals surface area contributed by atoms with Crippen LogP contribution in [0.3, 0.4) is 0 Å². The lowest BCUT2D eigenvalue weighted by Crippen LogP contribution is -2.40. The summed E-state index contributed by atoms with van der Waals surface area (Å²) in [6, 6.07) is 6.68. The van der Waals surface area contributed by atoms with Crippen molar-refractivity contribution < 1.29 is 23.8 Å². The number of rotatable bonds is 5. The molecule has 1 N–H and O–H groups in total. The van der Waals surface area contributed by atoms with Gasteiger partial charge in [0.1, 0.15) is 11.6 Å². The molecule has 0 aliphatic carbocycles. The molecule has 5 nitrogen and oxygen atoms in total.